The van der Waals surface area contributed by atoms with Crippen molar-refractivity contribution in [1.82, 2.24) is 4.57 Å². The average Bonchev–Trinajstić information content (AvgIpc) is 3.02. The van der Waals surface area contributed by atoms with E-state index in [1.165, 1.54) is 0 Å². The molecule has 4 nitrogen and oxygen atoms in total. The molecule has 0 spiro atoms. The molecule has 0 aliphatic heterocycles. The third-order valence-corrected chi connectivity index (χ3v) is 6.02. The number of rotatable bonds is 5. The van der Waals surface area contributed by atoms with Crippen molar-refractivity contribution in [1.29, 1.82) is 0 Å². The van der Waals surface area contributed by atoms with E-state index in [0.29, 0.717) is 33.8 Å². The van der Waals surface area contributed by atoms with Gasteiger partial charge in [-0.15, -0.1) is 11.8 Å². The largest absolute Gasteiger partial charge is 0.420 e. The lowest BCUT2D eigenvalue weighted by molar-refractivity contribution is 0.103. The molecule has 146 valence electrons. The fraction of sp³-hybridized carbons (Fsp3) is 0.130. The van der Waals surface area contributed by atoms with Crippen molar-refractivity contribution < 1.29 is 9.21 Å². The highest BCUT2D eigenvalue weighted by atomic mass is 35.5. The molecule has 0 N–H and O–H groups in total. The summed E-state index contributed by atoms with van der Waals surface area (Å²) < 4.78 is 6.95. The van der Waals surface area contributed by atoms with Crippen molar-refractivity contribution >= 4 is 40.2 Å². The summed E-state index contributed by atoms with van der Waals surface area (Å²) in [5.41, 5.74) is 4.10. The Morgan fingerprint density at radius 3 is 2.45 bits per heavy atom. The van der Waals surface area contributed by atoms with Crippen molar-refractivity contribution in [3.8, 4) is 0 Å². The van der Waals surface area contributed by atoms with Crippen molar-refractivity contribution in [3.05, 3.63) is 98.5 Å². The maximum absolute atomic E-state index is 12.7. The van der Waals surface area contributed by atoms with Crippen LogP contribution < -0.4 is 5.76 Å². The molecule has 0 aliphatic rings. The standard InChI is InChI=1S/C23H18ClNO3S/c1-14-3-6-16(7-4-14)22(26)17-8-9-19-20(12-17)28-23(27)25(19)13-15-5-10-21(29-2)18(24)11-15/h3-12H,13H2,1-2H3. The van der Waals surface area contributed by atoms with Crippen molar-refractivity contribution in [3.63, 3.8) is 0 Å². The quantitative estimate of drug-likeness (QED) is 0.311. The molecular formula is C23H18ClNO3S. The first-order valence-corrected chi connectivity index (χ1v) is 10.6. The molecule has 6 heteroatoms. The second-order valence-corrected chi connectivity index (χ2v) is 8.06. The fourth-order valence-electron chi connectivity index (χ4n) is 3.22. The molecule has 0 aliphatic carbocycles. The van der Waals surface area contributed by atoms with Gasteiger partial charge in [0.2, 0.25) is 0 Å². The zero-order valence-electron chi connectivity index (χ0n) is 15.9. The van der Waals surface area contributed by atoms with Gasteiger partial charge in [-0.25, -0.2) is 4.79 Å². The summed E-state index contributed by atoms with van der Waals surface area (Å²) >= 11 is 7.85. The number of carbonyl (C=O) groups excluding carboxylic acids is 1. The van der Waals surface area contributed by atoms with E-state index in [-0.39, 0.29) is 5.78 Å². The monoisotopic (exact) mass is 423 g/mol. The van der Waals surface area contributed by atoms with Crippen LogP contribution in [-0.4, -0.2) is 16.6 Å². The number of oxazole rings is 1. The van der Waals surface area contributed by atoms with E-state index in [2.05, 4.69) is 0 Å². The molecular weight excluding hydrogens is 406 g/mol. The molecule has 0 bridgehead atoms. The number of fused-ring (bicyclic) bond motifs is 1. The van der Waals surface area contributed by atoms with Crippen LogP contribution in [0.3, 0.4) is 0 Å². The van der Waals surface area contributed by atoms with Gasteiger partial charge in [0.15, 0.2) is 11.4 Å². The Labute approximate surface area is 177 Å². The van der Waals surface area contributed by atoms with Gasteiger partial charge in [-0.05, 0) is 49.1 Å². The third kappa shape index (κ3) is 3.88. The van der Waals surface area contributed by atoms with E-state index in [4.69, 9.17) is 16.0 Å². The van der Waals surface area contributed by atoms with E-state index in [1.807, 2.05) is 43.5 Å². The van der Waals surface area contributed by atoms with Crippen LogP contribution in [0.5, 0.6) is 0 Å². The number of aromatic nitrogens is 1. The highest BCUT2D eigenvalue weighted by molar-refractivity contribution is 7.98. The molecule has 0 saturated heterocycles. The van der Waals surface area contributed by atoms with E-state index in [9.17, 15) is 9.59 Å². The Bertz CT molecular complexity index is 1270. The van der Waals surface area contributed by atoms with Gasteiger partial charge < -0.3 is 4.42 Å². The highest BCUT2D eigenvalue weighted by Crippen LogP contribution is 2.27. The number of carbonyl (C=O) groups is 1. The molecule has 29 heavy (non-hydrogen) atoms. The molecule has 1 aromatic heterocycles. The molecule has 0 radical (unpaired) electrons. The normalized spacial score (nSPS) is 11.1. The highest BCUT2D eigenvalue weighted by Gasteiger charge is 2.15. The fourth-order valence-corrected chi connectivity index (χ4v) is 4.11. The van der Waals surface area contributed by atoms with Crippen LogP contribution >= 0.6 is 23.4 Å². The van der Waals surface area contributed by atoms with Gasteiger partial charge >= 0.3 is 5.76 Å². The smallest absolute Gasteiger partial charge is 0.408 e. The Morgan fingerprint density at radius 2 is 1.76 bits per heavy atom. The van der Waals surface area contributed by atoms with Crippen LogP contribution in [0, 0.1) is 6.92 Å². The lowest BCUT2D eigenvalue weighted by Crippen LogP contribution is -2.14. The van der Waals surface area contributed by atoms with Gasteiger partial charge in [0.1, 0.15) is 0 Å². The SMILES string of the molecule is CSc1ccc(Cn2c(=O)oc3cc(C(=O)c4ccc(C)cc4)ccc32)cc1Cl. The van der Waals surface area contributed by atoms with Crippen molar-refractivity contribution in [2.24, 2.45) is 0 Å². The number of halogens is 1. The molecule has 0 amide bonds. The summed E-state index contributed by atoms with van der Waals surface area (Å²) in [7, 11) is 0. The summed E-state index contributed by atoms with van der Waals surface area (Å²) in [6, 6.07) is 18.2. The van der Waals surface area contributed by atoms with Crippen LogP contribution in [-0.2, 0) is 6.54 Å². The zero-order chi connectivity index (χ0) is 20.5. The first kappa shape index (κ1) is 19.6. The number of aryl methyl sites for hydroxylation is 1. The molecule has 4 aromatic rings. The molecule has 3 aromatic carbocycles. The lowest BCUT2D eigenvalue weighted by Gasteiger charge is -2.06. The van der Waals surface area contributed by atoms with Gasteiger partial charge in [-0.3, -0.25) is 9.36 Å². The van der Waals surface area contributed by atoms with E-state index < -0.39 is 5.76 Å². The number of hydrogen-bond acceptors (Lipinski definition) is 4. The minimum atomic E-state index is -0.468. The van der Waals surface area contributed by atoms with Crippen LogP contribution in [0.2, 0.25) is 5.02 Å². The number of thioether (sulfide) groups is 1. The molecule has 1 heterocycles. The lowest BCUT2D eigenvalue weighted by atomic mass is 10.0. The minimum Gasteiger partial charge on any atom is -0.408 e. The molecule has 0 fully saturated rings. The predicted octanol–water partition coefficient (Wildman–Crippen LogP) is 5.56. The Balaban J connectivity index is 1.68. The van der Waals surface area contributed by atoms with Crippen LogP contribution in [0.4, 0.5) is 0 Å². The summed E-state index contributed by atoms with van der Waals surface area (Å²) in [6.07, 6.45) is 1.96. The zero-order valence-corrected chi connectivity index (χ0v) is 17.5. The summed E-state index contributed by atoms with van der Waals surface area (Å²) in [5.74, 6) is -0.577. The van der Waals surface area contributed by atoms with Gasteiger partial charge in [0, 0.05) is 16.0 Å². The minimum absolute atomic E-state index is 0.110. The third-order valence-electron chi connectivity index (χ3n) is 4.80. The predicted molar refractivity (Wildman–Crippen MR) is 117 cm³/mol. The van der Waals surface area contributed by atoms with Gasteiger partial charge in [0.05, 0.1) is 17.1 Å². The molecule has 0 atom stereocenters. The maximum Gasteiger partial charge on any atom is 0.420 e. The first-order chi connectivity index (χ1) is 14.0. The Kier molecular flexibility index (Phi) is 5.35. The number of benzene rings is 3. The number of hydrogen-bond donors (Lipinski definition) is 0. The summed E-state index contributed by atoms with van der Waals surface area (Å²) in [5, 5.41) is 0.654. The summed E-state index contributed by atoms with van der Waals surface area (Å²) in [4.78, 5) is 26.1. The molecule has 4 rings (SSSR count). The summed E-state index contributed by atoms with van der Waals surface area (Å²) in [6.45, 7) is 2.31. The maximum atomic E-state index is 12.7. The topological polar surface area (TPSA) is 52.2 Å². The number of ketones is 1. The van der Waals surface area contributed by atoms with Crippen molar-refractivity contribution in [2.45, 2.75) is 18.4 Å². The van der Waals surface area contributed by atoms with Crippen LogP contribution in [0.25, 0.3) is 11.1 Å². The van der Waals surface area contributed by atoms with Crippen LogP contribution in [0.1, 0.15) is 27.0 Å². The van der Waals surface area contributed by atoms with E-state index in [0.717, 1.165) is 16.0 Å². The van der Waals surface area contributed by atoms with Gasteiger partial charge in [-0.1, -0.05) is 47.5 Å². The first-order valence-electron chi connectivity index (χ1n) is 9.03. The average molecular weight is 424 g/mol. The Morgan fingerprint density at radius 1 is 1.03 bits per heavy atom. The second kappa shape index (κ2) is 7.93. The molecule has 0 saturated carbocycles. The molecule has 0 unspecified atom stereocenters. The van der Waals surface area contributed by atoms with E-state index >= 15 is 0 Å². The second-order valence-electron chi connectivity index (χ2n) is 6.80. The Hall–Kier alpha value is -2.76. The van der Waals surface area contributed by atoms with Gasteiger partial charge in [0.25, 0.3) is 0 Å². The van der Waals surface area contributed by atoms with E-state index in [1.54, 1.807) is 46.7 Å². The number of nitrogens with zero attached hydrogens (tertiary/aromatic N) is 1. The van der Waals surface area contributed by atoms with Crippen molar-refractivity contribution in [2.75, 3.05) is 6.26 Å². The van der Waals surface area contributed by atoms with Crippen LogP contribution in [0.15, 0.2) is 74.8 Å². The van der Waals surface area contributed by atoms with Gasteiger partial charge in [-0.2, -0.15) is 0 Å².